The predicted octanol–water partition coefficient (Wildman–Crippen LogP) is 3.39. The Hall–Kier alpha value is -1.20. The molecule has 1 aliphatic rings. The van der Waals surface area contributed by atoms with E-state index in [-0.39, 0.29) is 5.60 Å². The molecule has 0 spiro atoms. The van der Waals surface area contributed by atoms with Gasteiger partial charge in [-0.25, -0.2) is 15.8 Å². The summed E-state index contributed by atoms with van der Waals surface area (Å²) in [5, 5.41) is 0. The van der Waals surface area contributed by atoms with E-state index in [1.165, 1.54) is 12.8 Å². The quantitative estimate of drug-likeness (QED) is 0.505. The van der Waals surface area contributed by atoms with Gasteiger partial charge in [-0.2, -0.15) is 0 Å². The van der Waals surface area contributed by atoms with Crippen LogP contribution < -0.4 is 11.3 Å². The van der Waals surface area contributed by atoms with Crippen LogP contribution in [0.2, 0.25) is 0 Å². The fourth-order valence-corrected chi connectivity index (χ4v) is 3.41. The van der Waals surface area contributed by atoms with Crippen LogP contribution in [0.1, 0.15) is 75.4 Å². The van der Waals surface area contributed by atoms with Gasteiger partial charge >= 0.3 is 0 Å². The number of aryl methyl sites for hydroxylation is 1. The molecule has 0 aliphatic heterocycles. The molecule has 0 radical (unpaired) electrons. The Morgan fingerprint density at radius 1 is 1.14 bits per heavy atom. The Kier molecular flexibility index (Phi) is 5.17. The largest absolute Gasteiger partial charge is 0.370 e. The first-order chi connectivity index (χ1) is 10.0. The van der Waals surface area contributed by atoms with Gasteiger partial charge in [-0.1, -0.05) is 39.5 Å². The van der Waals surface area contributed by atoms with Crippen LogP contribution in [0.3, 0.4) is 0 Å². The summed E-state index contributed by atoms with van der Waals surface area (Å²) in [5.74, 6) is 7.53. The second-order valence-corrected chi connectivity index (χ2v) is 6.31. The Bertz CT molecular complexity index is 479. The molecule has 0 bridgehead atoms. The average Bonchev–Trinajstić information content (AvgIpc) is 2.72. The summed E-state index contributed by atoms with van der Waals surface area (Å²) < 4.78 is 5.91. The van der Waals surface area contributed by atoms with Gasteiger partial charge in [0.1, 0.15) is 11.4 Å². The van der Waals surface area contributed by atoms with Gasteiger partial charge < -0.3 is 10.2 Å². The summed E-state index contributed by atoms with van der Waals surface area (Å²) in [7, 11) is 1.77. The van der Waals surface area contributed by atoms with Crippen LogP contribution in [0.4, 0.5) is 5.82 Å². The number of hydrazine groups is 1. The molecular weight excluding hydrogens is 264 g/mol. The van der Waals surface area contributed by atoms with Crippen LogP contribution in [0.15, 0.2) is 0 Å². The normalized spacial score (nSPS) is 18.6. The Balaban J connectivity index is 2.49. The lowest BCUT2D eigenvalue weighted by Gasteiger charge is -2.31. The minimum atomic E-state index is -0.359. The van der Waals surface area contributed by atoms with Crippen molar-refractivity contribution in [3.8, 4) is 0 Å². The standard InChI is InChI=1S/C16H28N4O/c1-11(2)13-12(3)18-15(19-14(13)20-17)16(21-4)9-7-5-6-8-10-16/h11H,5-10,17H2,1-4H3,(H,18,19,20). The number of anilines is 1. The fourth-order valence-electron chi connectivity index (χ4n) is 3.41. The van der Waals surface area contributed by atoms with Crippen LogP contribution in [-0.4, -0.2) is 17.1 Å². The Morgan fingerprint density at radius 2 is 1.76 bits per heavy atom. The topological polar surface area (TPSA) is 73.1 Å². The zero-order chi connectivity index (χ0) is 15.5. The summed E-state index contributed by atoms with van der Waals surface area (Å²) in [6.45, 7) is 6.29. The number of nitrogen functional groups attached to an aromatic ring is 1. The number of ether oxygens (including phenoxy) is 1. The third kappa shape index (κ3) is 3.19. The molecule has 1 heterocycles. The van der Waals surface area contributed by atoms with Gasteiger partial charge in [0.05, 0.1) is 0 Å². The molecule has 1 aromatic rings. The lowest BCUT2D eigenvalue weighted by molar-refractivity contribution is -0.0352. The van der Waals surface area contributed by atoms with Gasteiger partial charge in [0.15, 0.2) is 5.82 Å². The van der Waals surface area contributed by atoms with E-state index in [0.717, 1.165) is 48.6 Å². The van der Waals surface area contributed by atoms with Crippen molar-refractivity contribution >= 4 is 5.82 Å². The van der Waals surface area contributed by atoms with E-state index in [1.54, 1.807) is 7.11 Å². The van der Waals surface area contributed by atoms with E-state index in [0.29, 0.717) is 5.92 Å². The number of nitrogens with zero attached hydrogens (tertiary/aromatic N) is 2. The number of rotatable bonds is 4. The van der Waals surface area contributed by atoms with Gasteiger partial charge in [0.25, 0.3) is 0 Å². The molecule has 0 unspecified atom stereocenters. The van der Waals surface area contributed by atoms with E-state index < -0.39 is 0 Å². The van der Waals surface area contributed by atoms with E-state index in [1.807, 2.05) is 6.92 Å². The van der Waals surface area contributed by atoms with Crippen LogP contribution >= 0.6 is 0 Å². The number of nitrogens with two attached hydrogens (primary N) is 1. The van der Waals surface area contributed by atoms with E-state index in [9.17, 15) is 0 Å². The number of hydrogen-bond donors (Lipinski definition) is 2. The molecule has 2 rings (SSSR count). The van der Waals surface area contributed by atoms with E-state index >= 15 is 0 Å². The molecule has 1 aromatic heterocycles. The molecule has 5 heteroatoms. The number of methoxy groups -OCH3 is 1. The maximum atomic E-state index is 5.91. The van der Waals surface area contributed by atoms with Crippen molar-refractivity contribution in [1.82, 2.24) is 9.97 Å². The highest BCUT2D eigenvalue weighted by molar-refractivity contribution is 5.47. The van der Waals surface area contributed by atoms with Gasteiger partial charge in [-0.3, -0.25) is 0 Å². The highest BCUT2D eigenvalue weighted by Gasteiger charge is 2.36. The second kappa shape index (κ2) is 6.71. The lowest BCUT2D eigenvalue weighted by Crippen LogP contribution is -2.32. The monoisotopic (exact) mass is 292 g/mol. The first kappa shape index (κ1) is 16.2. The maximum Gasteiger partial charge on any atom is 0.162 e. The van der Waals surface area contributed by atoms with Crippen LogP contribution in [0, 0.1) is 6.92 Å². The highest BCUT2D eigenvalue weighted by Crippen LogP contribution is 2.38. The molecule has 1 fully saturated rings. The summed E-state index contributed by atoms with van der Waals surface area (Å²) in [4.78, 5) is 9.49. The predicted molar refractivity (Wildman–Crippen MR) is 85.1 cm³/mol. The average molecular weight is 292 g/mol. The van der Waals surface area contributed by atoms with Crippen molar-refractivity contribution in [3.63, 3.8) is 0 Å². The van der Waals surface area contributed by atoms with Gasteiger partial charge in [-0.05, 0) is 25.7 Å². The van der Waals surface area contributed by atoms with E-state index in [4.69, 9.17) is 20.5 Å². The molecule has 3 N–H and O–H groups in total. The van der Waals surface area contributed by atoms with Crippen molar-refractivity contribution in [2.75, 3.05) is 12.5 Å². The second-order valence-electron chi connectivity index (χ2n) is 6.31. The summed E-state index contributed by atoms with van der Waals surface area (Å²) in [6, 6.07) is 0. The Morgan fingerprint density at radius 3 is 2.24 bits per heavy atom. The minimum absolute atomic E-state index is 0.331. The first-order valence-electron chi connectivity index (χ1n) is 7.95. The third-order valence-electron chi connectivity index (χ3n) is 4.56. The molecule has 118 valence electrons. The number of aromatic nitrogens is 2. The third-order valence-corrected chi connectivity index (χ3v) is 4.56. The minimum Gasteiger partial charge on any atom is -0.370 e. The highest BCUT2D eigenvalue weighted by atomic mass is 16.5. The van der Waals surface area contributed by atoms with Crippen molar-refractivity contribution in [1.29, 1.82) is 0 Å². The molecular formula is C16H28N4O. The molecule has 0 aromatic carbocycles. The van der Waals surface area contributed by atoms with Crippen LogP contribution in [0.5, 0.6) is 0 Å². The number of nitrogens with one attached hydrogen (secondary N) is 1. The molecule has 0 amide bonds. The lowest BCUT2D eigenvalue weighted by atomic mass is 9.92. The van der Waals surface area contributed by atoms with E-state index in [2.05, 4.69) is 19.3 Å². The summed E-state index contributed by atoms with van der Waals surface area (Å²) in [5.41, 5.74) is 4.46. The van der Waals surface area contributed by atoms with Crippen molar-refractivity contribution in [2.24, 2.45) is 5.84 Å². The SMILES string of the molecule is COC1(c2nc(C)c(C(C)C)c(NN)n2)CCCCCC1. The van der Waals surface area contributed by atoms with Gasteiger partial charge in [0, 0.05) is 18.4 Å². The summed E-state index contributed by atoms with van der Waals surface area (Å²) in [6.07, 6.45) is 6.80. The van der Waals surface area contributed by atoms with Crippen LogP contribution in [0.25, 0.3) is 0 Å². The Labute approximate surface area is 127 Å². The fraction of sp³-hybridized carbons (Fsp3) is 0.750. The van der Waals surface area contributed by atoms with Crippen molar-refractivity contribution in [2.45, 2.75) is 70.8 Å². The first-order valence-corrected chi connectivity index (χ1v) is 7.95. The van der Waals surface area contributed by atoms with Crippen molar-refractivity contribution in [3.05, 3.63) is 17.1 Å². The van der Waals surface area contributed by atoms with Crippen LogP contribution in [-0.2, 0) is 10.3 Å². The molecule has 1 aliphatic carbocycles. The smallest absolute Gasteiger partial charge is 0.162 e. The molecule has 0 saturated heterocycles. The molecule has 21 heavy (non-hydrogen) atoms. The zero-order valence-corrected chi connectivity index (χ0v) is 13.7. The molecule has 5 nitrogen and oxygen atoms in total. The summed E-state index contributed by atoms with van der Waals surface area (Å²) >= 11 is 0. The van der Waals surface area contributed by atoms with Gasteiger partial charge in [-0.15, -0.1) is 0 Å². The molecule has 1 saturated carbocycles. The molecule has 0 atom stereocenters. The maximum absolute atomic E-state index is 5.91. The zero-order valence-electron chi connectivity index (χ0n) is 13.7. The van der Waals surface area contributed by atoms with Gasteiger partial charge in [0.2, 0.25) is 0 Å². The number of hydrogen-bond acceptors (Lipinski definition) is 5. The van der Waals surface area contributed by atoms with Crippen molar-refractivity contribution < 1.29 is 4.74 Å².